The summed E-state index contributed by atoms with van der Waals surface area (Å²) in [6.45, 7) is 24.7. The Morgan fingerprint density at radius 2 is 0.811 bits per heavy atom. The van der Waals surface area contributed by atoms with Gasteiger partial charge in [-0.3, -0.25) is 0 Å². The number of hydrogen-bond donors (Lipinski definition) is 0. The van der Waals surface area contributed by atoms with Gasteiger partial charge in [-0.1, -0.05) is 12.1 Å². The van der Waals surface area contributed by atoms with E-state index in [1.165, 1.54) is 0 Å². The summed E-state index contributed by atoms with van der Waals surface area (Å²) < 4.78 is 46.1. The predicted octanol–water partition coefficient (Wildman–Crippen LogP) is 5.33. The highest BCUT2D eigenvalue weighted by Crippen LogP contribution is 2.57. The van der Waals surface area contributed by atoms with Gasteiger partial charge in [0.15, 0.2) is 0 Å². The van der Waals surface area contributed by atoms with Crippen molar-refractivity contribution in [1.82, 2.24) is 0 Å². The third kappa shape index (κ3) is 4.59. The molecule has 0 saturated carbocycles. The Labute approximate surface area is 225 Å². The zero-order valence-electron chi connectivity index (χ0n) is 25.1. The molecule has 3 heterocycles. The van der Waals surface area contributed by atoms with Gasteiger partial charge in [0.05, 0.1) is 45.8 Å². The fourth-order valence-corrected chi connectivity index (χ4v) is 4.87. The lowest BCUT2D eigenvalue weighted by atomic mass is 9.23. The highest BCUT2D eigenvalue weighted by molar-refractivity contribution is 6.89. The van der Waals surface area contributed by atoms with Gasteiger partial charge in [-0.15, -0.1) is 0 Å². The van der Waals surface area contributed by atoms with Gasteiger partial charge in [-0.2, -0.15) is 0 Å². The van der Waals surface area contributed by atoms with Crippen LogP contribution in [0.25, 0.3) is 0 Å². The normalized spacial score (nSPS) is 27.1. The lowest BCUT2D eigenvalue weighted by Crippen LogP contribution is -2.59. The fraction of sp³-hybridized carbons (Fsp3) is 0.778. The minimum atomic E-state index is -1.00. The number of benzene rings is 1. The first-order valence-electron chi connectivity index (χ1n) is 13.4. The number of hydrogen-bond acceptors (Lipinski definition) is 7. The molecule has 3 saturated heterocycles. The van der Waals surface area contributed by atoms with Crippen molar-refractivity contribution >= 4 is 21.4 Å². The van der Waals surface area contributed by atoms with E-state index in [4.69, 9.17) is 32.7 Å². The van der Waals surface area contributed by atoms with E-state index in [1.54, 1.807) is 7.11 Å². The molecule has 3 aliphatic heterocycles. The number of ether oxygens (including phenoxy) is 1. The molecular weight excluding hydrogens is 469 g/mol. The van der Waals surface area contributed by atoms with Gasteiger partial charge >= 0.3 is 21.4 Å². The zero-order valence-corrected chi connectivity index (χ0v) is 25.1. The molecule has 7 nitrogen and oxygen atoms in total. The molecule has 10 heteroatoms. The van der Waals surface area contributed by atoms with Crippen molar-refractivity contribution in [3.05, 3.63) is 29.8 Å². The van der Waals surface area contributed by atoms with Crippen molar-refractivity contribution in [3.63, 3.8) is 0 Å². The molecule has 0 bridgehead atoms. The van der Waals surface area contributed by atoms with Crippen molar-refractivity contribution in [1.29, 1.82) is 0 Å². The maximum absolute atomic E-state index is 6.78. The second-order valence-electron chi connectivity index (χ2n) is 13.9. The molecule has 3 aliphatic rings. The summed E-state index contributed by atoms with van der Waals surface area (Å²) in [5, 5.41) is -1.00. The van der Waals surface area contributed by atoms with E-state index in [-0.39, 0.29) is 0 Å². The molecule has 37 heavy (non-hydrogen) atoms. The molecule has 0 N–H and O–H groups in total. The van der Waals surface area contributed by atoms with Crippen LogP contribution in [0.2, 0.25) is 5.11 Å². The molecule has 0 unspecified atom stereocenters. The maximum atomic E-state index is 6.78. The largest absolute Gasteiger partial charge is 0.497 e. The molecule has 0 atom stereocenters. The van der Waals surface area contributed by atoms with E-state index in [0.29, 0.717) is 6.42 Å². The average molecular weight is 514 g/mol. The Bertz CT molecular complexity index is 867. The van der Waals surface area contributed by atoms with Crippen LogP contribution in [0.1, 0.15) is 88.6 Å². The standard InChI is InChI=1S/C27H45B3O7/c1-21(2)22(3,4)33-28(32-21)27(18-19-14-16-20(31-13)17-15-19,29-34-23(5,6)24(7,8)35-29)30-36-25(9,10)26(11,12)37-30/h14-17H,18H2,1-13H3. The van der Waals surface area contributed by atoms with Crippen LogP contribution in [-0.2, 0) is 34.3 Å². The Morgan fingerprint density at radius 3 is 1.05 bits per heavy atom. The molecule has 1 aromatic rings. The van der Waals surface area contributed by atoms with Crippen molar-refractivity contribution in [2.75, 3.05) is 7.11 Å². The van der Waals surface area contributed by atoms with Gasteiger partial charge in [0.25, 0.3) is 0 Å². The smallest absolute Gasteiger partial charge is 0.460 e. The molecule has 0 aliphatic carbocycles. The van der Waals surface area contributed by atoms with Crippen molar-refractivity contribution in [3.8, 4) is 5.75 Å². The highest BCUT2D eigenvalue weighted by atomic mass is 16.7. The first-order valence-corrected chi connectivity index (χ1v) is 13.4. The van der Waals surface area contributed by atoms with Gasteiger partial charge in [0.1, 0.15) is 5.75 Å². The first-order chi connectivity index (χ1) is 16.7. The van der Waals surface area contributed by atoms with E-state index in [9.17, 15) is 0 Å². The van der Waals surface area contributed by atoms with Gasteiger partial charge in [-0.05, 0) is 107 Å². The Kier molecular flexibility index (Phi) is 6.84. The van der Waals surface area contributed by atoms with Crippen molar-refractivity contribution in [2.45, 2.75) is 128 Å². The second kappa shape index (κ2) is 8.74. The zero-order chi connectivity index (χ0) is 27.9. The SMILES string of the molecule is COc1ccc(CC(B2OC(C)(C)C(C)(C)O2)(B2OC(C)(C)C(C)(C)O2)B2OC(C)(C)C(C)(C)O2)cc1. The van der Waals surface area contributed by atoms with Crippen LogP contribution in [0, 0.1) is 0 Å². The van der Waals surface area contributed by atoms with Gasteiger partial charge in [0, 0.05) is 0 Å². The maximum Gasteiger partial charge on any atom is 0.460 e. The van der Waals surface area contributed by atoms with E-state index in [2.05, 4.69) is 95.2 Å². The molecule has 3 fully saturated rings. The molecule has 0 radical (unpaired) electrons. The highest BCUT2D eigenvalue weighted by Gasteiger charge is 2.77. The summed E-state index contributed by atoms with van der Waals surface area (Å²) in [6, 6.07) is 8.02. The van der Waals surface area contributed by atoms with Crippen LogP contribution < -0.4 is 4.74 Å². The van der Waals surface area contributed by atoms with Crippen molar-refractivity contribution < 1.29 is 32.7 Å². The molecule has 1 aromatic carbocycles. The summed E-state index contributed by atoms with van der Waals surface area (Å²) in [7, 11) is -0.532. The van der Waals surface area contributed by atoms with Crippen LogP contribution in [0.15, 0.2) is 24.3 Å². The summed E-state index contributed by atoms with van der Waals surface area (Å²) in [4.78, 5) is 0. The molecular formula is C27H45B3O7. The predicted molar refractivity (Wildman–Crippen MR) is 148 cm³/mol. The Morgan fingerprint density at radius 1 is 0.541 bits per heavy atom. The third-order valence-corrected chi connectivity index (χ3v) is 9.75. The average Bonchev–Trinajstić information content (AvgIpc) is 3.21. The second-order valence-corrected chi connectivity index (χ2v) is 13.9. The molecule has 0 spiro atoms. The summed E-state index contributed by atoms with van der Waals surface area (Å²) >= 11 is 0. The lowest BCUT2D eigenvalue weighted by molar-refractivity contribution is 0.00578. The molecule has 4 rings (SSSR count). The third-order valence-electron chi connectivity index (χ3n) is 9.75. The first kappa shape index (κ1) is 29.0. The molecule has 0 amide bonds. The Balaban J connectivity index is 1.91. The quantitative estimate of drug-likeness (QED) is 0.476. The monoisotopic (exact) mass is 514 g/mol. The van der Waals surface area contributed by atoms with Crippen LogP contribution in [0.5, 0.6) is 5.75 Å². The molecule has 0 aromatic heterocycles. The lowest BCUT2D eigenvalue weighted by Gasteiger charge is -2.38. The number of methoxy groups -OCH3 is 1. The molecule has 204 valence electrons. The van der Waals surface area contributed by atoms with Crippen LogP contribution in [-0.4, -0.2) is 62.1 Å². The fourth-order valence-electron chi connectivity index (χ4n) is 4.87. The van der Waals surface area contributed by atoms with Gasteiger partial charge in [0.2, 0.25) is 0 Å². The summed E-state index contributed by atoms with van der Waals surface area (Å²) in [5.41, 5.74) is -2.40. The van der Waals surface area contributed by atoms with Crippen LogP contribution >= 0.6 is 0 Å². The van der Waals surface area contributed by atoms with E-state index < -0.39 is 60.1 Å². The van der Waals surface area contributed by atoms with Crippen LogP contribution in [0.4, 0.5) is 0 Å². The van der Waals surface area contributed by atoms with Gasteiger partial charge in [-0.25, -0.2) is 0 Å². The minimum absolute atomic E-state index is 0.474. The van der Waals surface area contributed by atoms with E-state index in [0.717, 1.165) is 11.3 Å². The summed E-state index contributed by atoms with van der Waals surface area (Å²) in [5.74, 6) is 0.788. The van der Waals surface area contributed by atoms with Crippen LogP contribution in [0.3, 0.4) is 0 Å². The van der Waals surface area contributed by atoms with Crippen molar-refractivity contribution in [2.24, 2.45) is 0 Å². The minimum Gasteiger partial charge on any atom is -0.497 e. The van der Waals surface area contributed by atoms with E-state index in [1.807, 2.05) is 12.1 Å². The Hall–Kier alpha value is -1.03. The summed E-state index contributed by atoms with van der Waals surface area (Å²) in [6.07, 6.45) is 0.474. The van der Waals surface area contributed by atoms with Gasteiger partial charge < -0.3 is 32.7 Å². The van der Waals surface area contributed by atoms with E-state index >= 15 is 0 Å². The number of rotatable bonds is 6. The topological polar surface area (TPSA) is 64.6 Å².